The summed E-state index contributed by atoms with van der Waals surface area (Å²) in [5, 5.41) is 4.10. The van der Waals surface area contributed by atoms with Crippen LogP contribution in [0, 0.1) is 17.8 Å². The molecule has 8 heteroatoms. The molecule has 6 nitrogen and oxygen atoms in total. The van der Waals surface area contributed by atoms with E-state index in [4.69, 9.17) is 28.9 Å². The Bertz CT molecular complexity index is 1170. The molecule has 2 aromatic carbocycles. The highest BCUT2D eigenvalue weighted by molar-refractivity contribution is 6.36. The molecule has 0 radical (unpaired) electrons. The second-order valence-corrected chi connectivity index (χ2v) is 11.3. The Morgan fingerprint density at radius 3 is 2.58 bits per heavy atom. The van der Waals surface area contributed by atoms with Crippen LogP contribution in [0.1, 0.15) is 51.5 Å². The van der Waals surface area contributed by atoms with Gasteiger partial charge in [0.15, 0.2) is 0 Å². The average Bonchev–Trinajstić information content (AvgIpc) is 3.02. The first-order valence-corrected chi connectivity index (χ1v) is 13.9. The van der Waals surface area contributed by atoms with E-state index in [0.717, 1.165) is 29.5 Å². The lowest BCUT2D eigenvalue weighted by Gasteiger charge is -2.29. The molecule has 0 unspecified atom stereocenters. The van der Waals surface area contributed by atoms with E-state index in [1.807, 2.05) is 44.2 Å². The molecular formula is C30H37Cl2N3O3. The Morgan fingerprint density at radius 2 is 1.92 bits per heavy atom. The van der Waals surface area contributed by atoms with Crippen molar-refractivity contribution in [3.63, 3.8) is 0 Å². The number of rotatable bonds is 11. The molecule has 0 saturated carbocycles. The van der Waals surface area contributed by atoms with Gasteiger partial charge in [0.05, 0.1) is 11.8 Å². The Hall–Kier alpha value is -2.83. The third-order valence-electron chi connectivity index (χ3n) is 6.97. The van der Waals surface area contributed by atoms with E-state index in [1.165, 1.54) is 0 Å². The van der Waals surface area contributed by atoms with Crippen LogP contribution in [0.2, 0.25) is 10.0 Å². The lowest BCUT2D eigenvalue weighted by Crippen LogP contribution is -2.50. The third-order valence-corrected chi connectivity index (χ3v) is 7.52. The van der Waals surface area contributed by atoms with Crippen molar-refractivity contribution in [2.24, 2.45) is 23.5 Å². The molecule has 0 bridgehead atoms. The van der Waals surface area contributed by atoms with Crippen molar-refractivity contribution >= 4 is 40.9 Å². The van der Waals surface area contributed by atoms with Gasteiger partial charge < -0.3 is 16.0 Å². The summed E-state index contributed by atoms with van der Waals surface area (Å²) in [6, 6.07) is 12.6. The molecule has 1 aliphatic rings. The van der Waals surface area contributed by atoms with Gasteiger partial charge in [0.25, 0.3) is 0 Å². The van der Waals surface area contributed by atoms with Crippen molar-refractivity contribution in [2.75, 3.05) is 6.54 Å². The Labute approximate surface area is 235 Å². The van der Waals surface area contributed by atoms with Crippen LogP contribution in [0.15, 0.2) is 55.1 Å². The molecule has 38 heavy (non-hydrogen) atoms. The van der Waals surface area contributed by atoms with Crippen LogP contribution in [0.5, 0.6) is 0 Å². The molecule has 3 rings (SSSR count). The monoisotopic (exact) mass is 557 g/mol. The van der Waals surface area contributed by atoms with Crippen molar-refractivity contribution in [3.8, 4) is 11.1 Å². The summed E-state index contributed by atoms with van der Waals surface area (Å²) in [5.41, 5.74) is 8.41. The zero-order valence-corrected chi connectivity index (χ0v) is 23.6. The van der Waals surface area contributed by atoms with Crippen molar-refractivity contribution < 1.29 is 14.4 Å². The van der Waals surface area contributed by atoms with Crippen molar-refractivity contribution in [1.82, 2.24) is 10.2 Å². The van der Waals surface area contributed by atoms with E-state index in [1.54, 1.807) is 23.1 Å². The van der Waals surface area contributed by atoms with Gasteiger partial charge in [-0.2, -0.15) is 0 Å². The number of carbonyl (C=O) groups is 3. The van der Waals surface area contributed by atoms with Crippen molar-refractivity contribution in [3.05, 3.63) is 70.7 Å². The molecule has 1 saturated heterocycles. The average molecular weight is 559 g/mol. The van der Waals surface area contributed by atoms with Gasteiger partial charge in [-0.15, -0.1) is 6.58 Å². The first-order valence-electron chi connectivity index (χ1n) is 13.1. The molecule has 3 atom stereocenters. The number of benzene rings is 2. The second-order valence-electron chi connectivity index (χ2n) is 10.4. The summed E-state index contributed by atoms with van der Waals surface area (Å²) >= 11 is 12.5. The van der Waals surface area contributed by atoms with Crippen LogP contribution in [-0.4, -0.2) is 35.2 Å². The Morgan fingerprint density at radius 1 is 1.16 bits per heavy atom. The topological polar surface area (TPSA) is 92.5 Å². The van der Waals surface area contributed by atoms with Crippen LogP contribution in [0.25, 0.3) is 11.1 Å². The minimum atomic E-state index is -0.658. The molecule has 204 valence electrons. The summed E-state index contributed by atoms with van der Waals surface area (Å²) in [5.74, 6) is -2.04. The molecule has 2 aromatic rings. The second kappa shape index (κ2) is 13.8. The number of amides is 3. The minimum Gasteiger partial charge on any atom is -0.369 e. The van der Waals surface area contributed by atoms with Gasteiger partial charge in [0.2, 0.25) is 17.7 Å². The van der Waals surface area contributed by atoms with Gasteiger partial charge in [-0.1, -0.05) is 67.4 Å². The fraction of sp³-hybridized carbons (Fsp3) is 0.433. The molecule has 0 spiro atoms. The number of primary amides is 1. The van der Waals surface area contributed by atoms with Gasteiger partial charge in [0.1, 0.15) is 6.04 Å². The number of nitrogens with two attached hydrogens (primary N) is 1. The number of halogens is 2. The highest BCUT2D eigenvalue weighted by atomic mass is 35.5. The summed E-state index contributed by atoms with van der Waals surface area (Å²) in [4.78, 5) is 40.9. The minimum absolute atomic E-state index is 0.117. The van der Waals surface area contributed by atoms with Crippen LogP contribution >= 0.6 is 23.2 Å². The molecule has 0 aliphatic carbocycles. The van der Waals surface area contributed by atoms with Crippen molar-refractivity contribution in [2.45, 2.75) is 58.5 Å². The smallest absolute Gasteiger partial charge is 0.245 e. The molecule has 3 amide bonds. The summed E-state index contributed by atoms with van der Waals surface area (Å²) in [6.07, 6.45) is 4.64. The maximum Gasteiger partial charge on any atom is 0.245 e. The number of nitrogens with zero attached hydrogens (tertiary/aromatic N) is 1. The van der Waals surface area contributed by atoms with E-state index >= 15 is 0 Å². The zero-order chi connectivity index (χ0) is 27.8. The lowest BCUT2D eigenvalue weighted by atomic mass is 9.82. The van der Waals surface area contributed by atoms with Gasteiger partial charge in [-0.3, -0.25) is 14.4 Å². The third kappa shape index (κ3) is 7.84. The van der Waals surface area contributed by atoms with Crippen LogP contribution in [0.3, 0.4) is 0 Å². The molecule has 1 fully saturated rings. The van der Waals surface area contributed by atoms with Crippen LogP contribution in [0.4, 0.5) is 0 Å². The summed E-state index contributed by atoms with van der Waals surface area (Å²) in [7, 11) is 0. The van der Waals surface area contributed by atoms with Crippen LogP contribution in [-0.2, 0) is 20.9 Å². The lowest BCUT2D eigenvalue weighted by molar-refractivity contribution is -0.139. The number of hydrogen-bond acceptors (Lipinski definition) is 3. The maximum absolute atomic E-state index is 13.6. The number of nitrogens with one attached hydrogen (secondary N) is 1. The number of hydrogen-bond donors (Lipinski definition) is 2. The van der Waals surface area contributed by atoms with Gasteiger partial charge in [-0.25, -0.2) is 0 Å². The zero-order valence-electron chi connectivity index (χ0n) is 22.1. The fourth-order valence-electron chi connectivity index (χ4n) is 5.08. The van der Waals surface area contributed by atoms with Gasteiger partial charge in [-0.05, 0) is 67.3 Å². The fourth-order valence-corrected chi connectivity index (χ4v) is 5.59. The van der Waals surface area contributed by atoms with E-state index in [2.05, 4.69) is 11.9 Å². The summed E-state index contributed by atoms with van der Waals surface area (Å²) < 4.78 is 0. The summed E-state index contributed by atoms with van der Waals surface area (Å²) in [6.45, 7) is 8.73. The molecular weight excluding hydrogens is 521 g/mol. The van der Waals surface area contributed by atoms with E-state index in [0.29, 0.717) is 42.4 Å². The number of allylic oxidation sites excluding steroid dienone is 1. The molecule has 3 N–H and O–H groups in total. The van der Waals surface area contributed by atoms with E-state index in [9.17, 15) is 14.4 Å². The Balaban J connectivity index is 1.77. The normalized spacial score (nSPS) is 17.6. The van der Waals surface area contributed by atoms with Gasteiger partial charge in [0, 0.05) is 28.7 Å². The first-order chi connectivity index (χ1) is 18.1. The molecule has 1 heterocycles. The van der Waals surface area contributed by atoms with Crippen LogP contribution < -0.4 is 11.1 Å². The van der Waals surface area contributed by atoms with Crippen molar-refractivity contribution in [1.29, 1.82) is 0 Å². The molecule has 1 aliphatic heterocycles. The first kappa shape index (κ1) is 29.7. The van der Waals surface area contributed by atoms with E-state index in [-0.39, 0.29) is 17.7 Å². The van der Waals surface area contributed by atoms with E-state index < -0.39 is 23.8 Å². The molecule has 0 aromatic heterocycles. The van der Waals surface area contributed by atoms with Gasteiger partial charge >= 0.3 is 0 Å². The largest absolute Gasteiger partial charge is 0.369 e. The Kier molecular flexibility index (Phi) is 10.8. The number of carbonyl (C=O) groups excluding carboxylic acids is 3. The standard InChI is InChI=1S/C30H37Cl2N3O3/c1-4-8-24(28(33)36)25(15-19(2)3)29(37)34-27-11-5-6-14-35(30(27)38)18-20-9-7-10-21(16-20)23-13-12-22(31)17-26(23)32/h4,7,9-10,12-13,16-17,19,24-25,27H,1,5-6,8,11,14-15,18H2,2-3H3,(H2,33,36)(H,34,37)/t24-,25+,27-/m0/s1. The SMILES string of the molecule is C=CC[C@H](C(N)=O)[C@@H](CC(C)C)C(=O)N[C@H]1CCCCN(Cc2cccc(-c3ccc(Cl)cc3Cl)c2)C1=O. The quantitative estimate of drug-likeness (QED) is 0.332. The predicted molar refractivity (Wildman–Crippen MR) is 154 cm³/mol. The highest BCUT2D eigenvalue weighted by Gasteiger charge is 2.35. The maximum atomic E-state index is 13.6. The number of likely N-dealkylation sites (tertiary alicyclic amines) is 1. The predicted octanol–water partition coefficient (Wildman–Crippen LogP) is 6.00. The highest BCUT2D eigenvalue weighted by Crippen LogP contribution is 2.31.